The van der Waals surface area contributed by atoms with E-state index in [2.05, 4.69) is 20.8 Å². The molecule has 0 aliphatic carbocycles. The van der Waals surface area contributed by atoms with Crippen LogP contribution in [0.25, 0.3) is 0 Å². The Bertz CT molecular complexity index is 271. The van der Waals surface area contributed by atoms with Crippen molar-refractivity contribution in [3.63, 3.8) is 0 Å². The van der Waals surface area contributed by atoms with Gasteiger partial charge in [0.25, 0.3) is 0 Å². The van der Waals surface area contributed by atoms with E-state index in [1.54, 1.807) is 0 Å². The fourth-order valence-corrected chi connectivity index (χ4v) is 5.90. The van der Waals surface area contributed by atoms with Gasteiger partial charge in [-0.1, -0.05) is 51.8 Å². The van der Waals surface area contributed by atoms with Crippen LogP contribution in [0, 0.1) is 0 Å². The van der Waals surface area contributed by atoms with Crippen LogP contribution in [0.1, 0.15) is 79.6 Å². The molecule has 0 aromatic carbocycles. The van der Waals surface area contributed by atoms with Gasteiger partial charge < -0.3 is 8.85 Å². The predicted octanol–water partition coefficient (Wildman–Crippen LogP) is 5.34. The molecule has 1 radical (unpaired) electrons. The van der Waals surface area contributed by atoms with Crippen LogP contribution in [0.2, 0.25) is 5.54 Å². The Balaban J connectivity index is 4.36. The molecule has 0 aromatic heterocycles. The Hall–Kier alpha value is 0.157. The van der Waals surface area contributed by atoms with Gasteiger partial charge in [-0.05, 0) is 33.1 Å². The van der Waals surface area contributed by atoms with E-state index in [0.29, 0.717) is 29.1 Å². The number of carbonyl (C=O) groups is 1. The van der Waals surface area contributed by atoms with Crippen LogP contribution in [0.5, 0.6) is 0 Å². The number of thioether (sulfide) groups is 1. The van der Waals surface area contributed by atoms with Crippen molar-refractivity contribution in [2.45, 2.75) is 90.4 Å². The van der Waals surface area contributed by atoms with E-state index < -0.39 is 9.28 Å². The molecule has 0 N–H and O–H groups in total. The SMILES string of the molecule is CCCCCC(=O)SC(C)CC(CCC)[Si](OCC)OCC. The Morgan fingerprint density at radius 1 is 1.05 bits per heavy atom. The first-order chi connectivity index (χ1) is 10.6. The maximum Gasteiger partial charge on any atom is 0.388 e. The third-order valence-corrected chi connectivity index (χ3v) is 6.88. The van der Waals surface area contributed by atoms with Gasteiger partial charge in [0.1, 0.15) is 0 Å². The second kappa shape index (κ2) is 14.7. The van der Waals surface area contributed by atoms with E-state index >= 15 is 0 Å². The highest BCUT2D eigenvalue weighted by atomic mass is 32.2. The van der Waals surface area contributed by atoms with Crippen LogP contribution in [0.15, 0.2) is 0 Å². The van der Waals surface area contributed by atoms with Crippen LogP contribution in [0.3, 0.4) is 0 Å². The summed E-state index contributed by atoms with van der Waals surface area (Å²) in [6, 6.07) is 0. The Labute approximate surface area is 143 Å². The van der Waals surface area contributed by atoms with Crippen molar-refractivity contribution in [3.05, 3.63) is 0 Å². The summed E-state index contributed by atoms with van der Waals surface area (Å²) in [7, 11) is -1.22. The van der Waals surface area contributed by atoms with Gasteiger partial charge in [-0.25, -0.2) is 0 Å². The summed E-state index contributed by atoms with van der Waals surface area (Å²) in [6.45, 7) is 12.0. The van der Waals surface area contributed by atoms with Crippen LogP contribution < -0.4 is 0 Å². The Morgan fingerprint density at radius 3 is 2.18 bits per heavy atom. The summed E-state index contributed by atoms with van der Waals surface area (Å²) in [4.78, 5) is 12.0. The molecule has 0 amide bonds. The van der Waals surface area contributed by atoms with Crippen molar-refractivity contribution in [1.82, 2.24) is 0 Å². The highest BCUT2D eigenvalue weighted by Gasteiger charge is 2.29. The van der Waals surface area contributed by atoms with Gasteiger partial charge in [0.05, 0.1) is 0 Å². The molecule has 2 atom stereocenters. The molecule has 0 aliphatic rings. The molecular formula is C17H35O3SSi. The number of hydrogen-bond acceptors (Lipinski definition) is 4. The van der Waals surface area contributed by atoms with Gasteiger partial charge in [0, 0.05) is 30.4 Å². The minimum Gasteiger partial charge on any atom is -0.393 e. The zero-order chi connectivity index (χ0) is 16.8. The lowest BCUT2D eigenvalue weighted by Crippen LogP contribution is -2.31. The second-order valence-corrected chi connectivity index (χ2v) is 9.19. The van der Waals surface area contributed by atoms with Crippen LogP contribution in [0.4, 0.5) is 0 Å². The van der Waals surface area contributed by atoms with E-state index in [4.69, 9.17) is 8.85 Å². The minimum atomic E-state index is -1.22. The van der Waals surface area contributed by atoms with Crippen LogP contribution in [-0.4, -0.2) is 32.9 Å². The molecule has 3 nitrogen and oxygen atoms in total. The topological polar surface area (TPSA) is 35.5 Å². The van der Waals surface area contributed by atoms with Crippen molar-refractivity contribution in [1.29, 1.82) is 0 Å². The molecule has 0 saturated heterocycles. The zero-order valence-electron chi connectivity index (χ0n) is 15.2. The second-order valence-electron chi connectivity index (χ2n) is 5.66. The first-order valence-electron chi connectivity index (χ1n) is 8.90. The molecule has 0 aliphatic heterocycles. The molecule has 22 heavy (non-hydrogen) atoms. The quantitative estimate of drug-likeness (QED) is 0.314. The maximum atomic E-state index is 12.0. The monoisotopic (exact) mass is 347 g/mol. The molecule has 5 heteroatoms. The first kappa shape index (κ1) is 22.2. The molecule has 131 valence electrons. The fourth-order valence-electron chi connectivity index (χ4n) is 2.49. The number of hydrogen-bond donors (Lipinski definition) is 0. The van der Waals surface area contributed by atoms with Crippen molar-refractivity contribution < 1.29 is 13.6 Å². The van der Waals surface area contributed by atoms with E-state index in [9.17, 15) is 4.79 Å². The number of carbonyl (C=O) groups excluding carboxylic acids is 1. The van der Waals surface area contributed by atoms with E-state index in [-0.39, 0.29) is 0 Å². The normalized spacial score (nSPS) is 14.3. The predicted molar refractivity (Wildman–Crippen MR) is 98.5 cm³/mol. The average molecular weight is 348 g/mol. The van der Waals surface area contributed by atoms with Gasteiger partial charge in [-0.15, -0.1) is 0 Å². The van der Waals surface area contributed by atoms with E-state index in [1.807, 2.05) is 13.8 Å². The summed E-state index contributed by atoms with van der Waals surface area (Å²) in [5, 5.41) is 0.698. The summed E-state index contributed by atoms with van der Waals surface area (Å²) in [5.41, 5.74) is 0.473. The third kappa shape index (κ3) is 10.8. The first-order valence-corrected chi connectivity index (χ1v) is 11.2. The third-order valence-electron chi connectivity index (χ3n) is 3.48. The number of unbranched alkanes of at least 4 members (excludes halogenated alkanes) is 2. The van der Waals surface area contributed by atoms with Gasteiger partial charge in [0.15, 0.2) is 5.12 Å². The lowest BCUT2D eigenvalue weighted by molar-refractivity contribution is -0.111. The summed E-state index contributed by atoms with van der Waals surface area (Å²) < 4.78 is 11.7. The van der Waals surface area contributed by atoms with Gasteiger partial charge in [-0.3, -0.25) is 4.79 Å². The van der Waals surface area contributed by atoms with Gasteiger partial charge in [-0.2, -0.15) is 0 Å². The largest absolute Gasteiger partial charge is 0.393 e. The molecule has 0 rings (SSSR count). The molecule has 0 aromatic rings. The molecule has 0 saturated carbocycles. The Kier molecular flexibility index (Phi) is 14.8. The van der Waals surface area contributed by atoms with Crippen molar-refractivity contribution in [3.8, 4) is 0 Å². The van der Waals surface area contributed by atoms with Gasteiger partial charge in [0.2, 0.25) is 0 Å². The number of rotatable bonds is 14. The van der Waals surface area contributed by atoms with Crippen LogP contribution in [-0.2, 0) is 13.6 Å². The molecule has 0 spiro atoms. The fraction of sp³-hybridized carbons (Fsp3) is 0.941. The standard InChI is InChI=1S/C17H35O3SSi/c1-6-10-11-13-17(18)21-15(5)14-16(12-7-2)22(19-8-3)20-9-4/h15-16H,6-14H2,1-5H3. The Morgan fingerprint density at radius 2 is 1.68 bits per heavy atom. The van der Waals surface area contributed by atoms with Crippen LogP contribution >= 0.6 is 11.8 Å². The summed E-state index contributed by atoms with van der Waals surface area (Å²) >= 11 is 1.52. The van der Waals surface area contributed by atoms with Crippen molar-refractivity contribution in [2.24, 2.45) is 0 Å². The maximum absolute atomic E-state index is 12.0. The highest BCUT2D eigenvalue weighted by molar-refractivity contribution is 8.14. The molecule has 0 fully saturated rings. The molecule has 2 unspecified atom stereocenters. The lowest BCUT2D eigenvalue weighted by Gasteiger charge is -2.25. The van der Waals surface area contributed by atoms with Crippen molar-refractivity contribution >= 4 is 26.2 Å². The van der Waals surface area contributed by atoms with Gasteiger partial charge >= 0.3 is 9.28 Å². The average Bonchev–Trinajstić information content (AvgIpc) is 2.46. The molecule has 0 heterocycles. The molecule has 0 bridgehead atoms. The lowest BCUT2D eigenvalue weighted by atomic mass is 10.1. The van der Waals surface area contributed by atoms with E-state index in [0.717, 1.165) is 38.5 Å². The summed E-state index contributed by atoms with van der Waals surface area (Å²) in [5.74, 6) is 0. The molecular weight excluding hydrogens is 312 g/mol. The zero-order valence-corrected chi connectivity index (χ0v) is 17.0. The smallest absolute Gasteiger partial charge is 0.388 e. The minimum absolute atomic E-state index is 0.345. The van der Waals surface area contributed by atoms with E-state index in [1.165, 1.54) is 18.2 Å². The highest BCUT2D eigenvalue weighted by Crippen LogP contribution is 2.30. The summed E-state index contributed by atoms with van der Waals surface area (Å²) in [6.07, 6.45) is 7.36. The van der Waals surface area contributed by atoms with Crippen molar-refractivity contribution in [2.75, 3.05) is 13.2 Å².